The number of carbonyl (C=O) groups is 1. The van der Waals surface area contributed by atoms with Crippen LogP contribution in [0.1, 0.15) is 21.6 Å². The largest absolute Gasteiger partial charge is 0.416 e. The fourth-order valence-corrected chi connectivity index (χ4v) is 2.83. The van der Waals surface area contributed by atoms with E-state index in [-0.39, 0.29) is 17.8 Å². The van der Waals surface area contributed by atoms with Crippen molar-refractivity contribution < 1.29 is 22.5 Å². The van der Waals surface area contributed by atoms with E-state index in [2.05, 4.69) is 20.6 Å². The van der Waals surface area contributed by atoms with Gasteiger partial charge < -0.3 is 9.84 Å². The summed E-state index contributed by atoms with van der Waals surface area (Å²) in [4.78, 5) is 16.1. The minimum atomic E-state index is -4.49. The van der Waals surface area contributed by atoms with E-state index in [1.54, 1.807) is 0 Å². The van der Waals surface area contributed by atoms with E-state index >= 15 is 0 Å². The van der Waals surface area contributed by atoms with Crippen molar-refractivity contribution in [3.8, 4) is 11.3 Å². The molecule has 0 bridgehead atoms. The Hall–Kier alpha value is -3.95. The van der Waals surface area contributed by atoms with Crippen molar-refractivity contribution in [2.24, 2.45) is 0 Å². The van der Waals surface area contributed by atoms with Gasteiger partial charge in [0.1, 0.15) is 0 Å². The van der Waals surface area contributed by atoms with E-state index in [1.807, 2.05) is 30.3 Å². The van der Waals surface area contributed by atoms with Crippen LogP contribution in [-0.2, 0) is 12.7 Å². The summed E-state index contributed by atoms with van der Waals surface area (Å²) in [7, 11) is 0. The number of amides is 1. The molecule has 0 saturated carbocycles. The molecule has 0 radical (unpaired) electrons. The molecule has 0 aliphatic heterocycles. The Morgan fingerprint density at radius 2 is 1.93 bits per heavy atom. The maximum Gasteiger partial charge on any atom is 0.416 e. The number of aromatic nitrogens is 4. The lowest BCUT2D eigenvalue weighted by molar-refractivity contribution is -0.138. The second-order valence-electron chi connectivity index (χ2n) is 6.35. The monoisotopic (exact) mass is 413 g/mol. The molecule has 0 spiro atoms. The highest BCUT2D eigenvalue weighted by atomic mass is 19.4. The molecule has 152 valence electrons. The van der Waals surface area contributed by atoms with E-state index in [4.69, 9.17) is 4.52 Å². The lowest BCUT2D eigenvalue weighted by atomic mass is 10.1. The first-order valence-electron chi connectivity index (χ1n) is 8.76. The van der Waals surface area contributed by atoms with Crippen molar-refractivity contribution in [2.75, 3.05) is 5.32 Å². The Morgan fingerprint density at radius 3 is 2.70 bits per heavy atom. The van der Waals surface area contributed by atoms with Crippen LogP contribution in [0.25, 0.3) is 11.3 Å². The fraction of sp³-hybridized carbons (Fsp3) is 0.100. The molecule has 30 heavy (non-hydrogen) atoms. The van der Waals surface area contributed by atoms with Gasteiger partial charge >= 0.3 is 6.18 Å². The number of carbonyl (C=O) groups excluding carboxylic acids is 1. The molecule has 0 aliphatic rings. The zero-order valence-corrected chi connectivity index (χ0v) is 15.3. The Bertz CT molecular complexity index is 1170. The summed E-state index contributed by atoms with van der Waals surface area (Å²) in [5, 5.41) is 10.3. The van der Waals surface area contributed by atoms with Gasteiger partial charge in [0.15, 0.2) is 11.5 Å². The highest BCUT2D eigenvalue weighted by molar-refractivity contribution is 6.03. The predicted octanol–water partition coefficient (Wildman–Crippen LogP) is 4.25. The molecule has 0 atom stereocenters. The van der Waals surface area contributed by atoms with Crippen LogP contribution < -0.4 is 5.32 Å². The molecule has 10 heteroatoms. The van der Waals surface area contributed by atoms with E-state index in [9.17, 15) is 18.0 Å². The standard InChI is InChI=1S/C20H14F3N5O2/c21-20(22,23)16-6-7-24-9-14(16)11-28-12-15(10-25-28)26-19(29)17-8-18(30-27-17)13-4-2-1-3-5-13/h1-10,12H,11H2,(H,26,29). The zero-order chi connectivity index (χ0) is 21.1. The number of nitrogens with zero attached hydrogens (tertiary/aromatic N) is 4. The highest BCUT2D eigenvalue weighted by Gasteiger charge is 2.33. The van der Waals surface area contributed by atoms with Gasteiger partial charge in [-0.3, -0.25) is 14.5 Å². The van der Waals surface area contributed by atoms with Crippen LogP contribution in [0, 0.1) is 0 Å². The second kappa shape index (κ2) is 7.82. The molecule has 3 aromatic heterocycles. The van der Waals surface area contributed by atoms with Crippen LogP contribution in [0.15, 0.2) is 71.8 Å². The van der Waals surface area contributed by atoms with Crippen molar-refractivity contribution in [1.29, 1.82) is 0 Å². The third kappa shape index (κ3) is 4.22. The van der Waals surface area contributed by atoms with E-state index < -0.39 is 17.6 Å². The Kier molecular flexibility index (Phi) is 5.05. The number of rotatable bonds is 5. The van der Waals surface area contributed by atoms with Gasteiger partial charge in [0.25, 0.3) is 5.91 Å². The normalized spacial score (nSPS) is 11.4. The van der Waals surface area contributed by atoms with Crippen LogP contribution in [0.4, 0.5) is 18.9 Å². The summed E-state index contributed by atoms with van der Waals surface area (Å²) in [6, 6.07) is 11.6. The van der Waals surface area contributed by atoms with Crippen molar-refractivity contribution in [3.63, 3.8) is 0 Å². The molecule has 1 amide bonds. The molecule has 1 aromatic carbocycles. The molecular weight excluding hydrogens is 399 g/mol. The summed E-state index contributed by atoms with van der Waals surface area (Å²) in [6.07, 6.45) is 0.487. The Balaban J connectivity index is 1.46. The molecule has 1 N–H and O–H groups in total. The Labute approximate surface area is 168 Å². The average Bonchev–Trinajstić information content (AvgIpc) is 3.38. The summed E-state index contributed by atoms with van der Waals surface area (Å²) in [5.74, 6) is -0.0921. The van der Waals surface area contributed by atoms with Gasteiger partial charge in [0.05, 0.1) is 24.0 Å². The molecule has 0 unspecified atom stereocenters. The van der Waals surface area contributed by atoms with Crippen molar-refractivity contribution in [3.05, 3.63) is 84.1 Å². The van der Waals surface area contributed by atoms with Gasteiger partial charge in [-0.2, -0.15) is 18.3 Å². The number of alkyl halides is 3. The molecular formula is C20H14F3N5O2. The van der Waals surface area contributed by atoms with Crippen molar-refractivity contribution >= 4 is 11.6 Å². The first-order valence-corrected chi connectivity index (χ1v) is 8.76. The number of halogens is 3. The number of nitrogens with one attached hydrogen (secondary N) is 1. The number of benzene rings is 1. The van der Waals surface area contributed by atoms with Gasteiger partial charge in [-0.25, -0.2) is 0 Å². The van der Waals surface area contributed by atoms with Crippen LogP contribution in [0.3, 0.4) is 0 Å². The minimum absolute atomic E-state index is 0.0324. The highest BCUT2D eigenvalue weighted by Crippen LogP contribution is 2.31. The van der Waals surface area contributed by atoms with Crippen LogP contribution >= 0.6 is 0 Å². The third-order valence-corrected chi connectivity index (χ3v) is 4.23. The van der Waals surface area contributed by atoms with E-state index in [0.29, 0.717) is 11.4 Å². The molecule has 4 aromatic rings. The summed E-state index contributed by atoms with van der Waals surface area (Å²) in [5.41, 5.74) is 0.327. The first-order chi connectivity index (χ1) is 14.4. The third-order valence-electron chi connectivity index (χ3n) is 4.23. The zero-order valence-electron chi connectivity index (χ0n) is 15.3. The van der Waals surface area contributed by atoms with Crippen molar-refractivity contribution in [2.45, 2.75) is 12.7 Å². The van der Waals surface area contributed by atoms with Crippen LogP contribution in [-0.4, -0.2) is 25.8 Å². The number of hydrogen-bond donors (Lipinski definition) is 1. The van der Waals surface area contributed by atoms with Crippen LogP contribution in [0.5, 0.6) is 0 Å². The number of pyridine rings is 1. The van der Waals surface area contributed by atoms with E-state index in [1.165, 1.54) is 23.1 Å². The summed E-state index contributed by atoms with van der Waals surface area (Å²) >= 11 is 0. The molecule has 4 rings (SSSR count). The number of anilines is 1. The minimum Gasteiger partial charge on any atom is -0.355 e. The molecule has 0 saturated heterocycles. The summed E-state index contributed by atoms with van der Waals surface area (Å²) < 4.78 is 45.8. The predicted molar refractivity (Wildman–Crippen MR) is 100 cm³/mol. The van der Waals surface area contributed by atoms with Gasteiger partial charge in [-0.05, 0) is 6.07 Å². The molecule has 0 aliphatic carbocycles. The van der Waals surface area contributed by atoms with Gasteiger partial charge in [-0.15, -0.1) is 0 Å². The quantitative estimate of drug-likeness (QED) is 0.529. The second-order valence-corrected chi connectivity index (χ2v) is 6.35. The molecule has 3 heterocycles. The summed E-state index contributed by atoms with van der Waals surface area (Å²) in [6.45, 7) is -0.152. The maximum absolute atomic E-state index is 13.1. The van der Waals surface area contributed by atoms with Crippen LogP contribution in [0.2, 0.25) is 0 Å². The average molecular weight is 413 g/mol. The SMILES string of the molecule is O=C(Nc1cnn(Cc2cnccc2C(F)(F)F)c1)c1cc(-c2ccccc2)on1. The lowest BCUT2D eigenvalue weighted by Gasteiger charge is -2.11. The maximum atomic E-state index is 13.1. The molecule has 0 fully saturated rings. The van der Waals surface area contributed by atoms with Gasteiger partial charge in [0, 0.05) is 35.8 Å². The van der Waals surface area contributed by atoms with Gasteiger partial charge in [0.2, 0.25) is 0 Å². The van der Waals surface area contributed by atoms with Crippen molar-refractivity contribution in [1.82, 2.24) is 19.9 Å². The molecule has 7 nitrogen and oxygen atoms in total. The Morgan fingerprint density at radius 1 is 1.13 bits per heavy atom. The van der Waals surface area contributed by atoms with Gasteiger partial charge in [-0.1, -0.05) is 35.5 Å². The first kappa shape index (κ1) is 19.4. The van der Waals surface area contributed by atoms with E-state index in [0.717, 1.165) is 24.0 Å². The fourth-order valence-electron chi connectivity index (χ4n) is 2.83. The topological polar surface area (TPSA) is 85.8 Å². The lowest BCUT2D eigenvalue weighted by Crippen LogP contribution is -2.13. The number of hydrogen-bond acceptors (Lipinski definition) is 5. The smallest absolute Gasteiger partial charge is 0.355 e.